The SMILES string of the molecule is Cc1ccc(Br)nc1NC(=O)[C@@H]1C[C@@](C)(F)CN1C(=O)OC(C)(C)C. The highest BCUT2D eigenvalue weighted by molar-refractivity contribution is 9.10. The highest BCUT2D eigenvalue weighted by Crippen LogP contribution is 2.32. The third-order valence-corrected chi connectivity index (χ3v) is 4.17. The van der Waals surface area contributed by atoms with Crippen LogP contribution in [0.25, 0.3) is 0 Å². The summed E-state index contributed by atoms with van der Waals surface area (Å²) in [6.07, 6.45) is -0.793. The lowest BCUT2D eigenvalue weighted by molar-refractivity contribution is -0.120. The van der Waals surface area contributed by atoms with Crippen LogP contribution >= 0.6 is 15.9 Å². The van der Waals surface area contributed by atoms with Crippen LogP contribution in [0.2, 0.25) is 0 Å². The predicted octanol–water partition coefficient (Wildman–Crippen LogP) is 3.83. The number of nitrogens with one attached hydrogen (secondary N) is 1. The third kappa shape index (κ3) is 5.14. The maximum atomic E-state index is 14.5. The summed E-state index contributed by atoms with van der Waals surface area (Å²) in [5, 5.41) is 2.68. The molecular weight excluding hydrogens is 393 g/mol. The molecule has 2 amide bonds. The molecule has 0 spiro atoms. The summed E-state index contributed by atoms with van der Waals surface area (Å²) < 4.78 is 20.4. The van der Waals surface area contributed by atoms with E-state index >= 15 is 0 Å². The van der Waals surface area contributed by atoms with Crippen LogP contribution in [-0.2, 0) is 9.53 Å². The van der Waals surface area contributed by atoms with Crippen molar-refractivity contribution in [2.75, 3.05) is 11.9 Å². The number of nitrogens with zero attached hydrogens (tertiary/aromatic N) is 2. The molecule has 138 valence electrons. The maximum Gasteiger partial charge on any atom is 0.411 e. The second-order valence-electron chi connectivity index (χ2n) is 7.53. The number of aromatic nitrogens is 1. The van der Waals surface area contributed by atoms with Crippen LogP contribution < -0.4 is 5.32 Å². The van der Waals surface area contributed by atoms with Gasteiger partial charge in [0.2, 0.25) is 5.91 Å². The van der Waals surface area contributed by atoms with Crippen molar-refractivity contribution in [2.45, 2.75) is 58.4 Å². The zero-order valence-corrected chi connectivity index (χ0v) is 16.6. The summed E-state index contributed by atoms with van der Waals surface area (Å²) in [6, 6.07) is 2.60. The van der Waals surface area contributed by atoms with Crippen molar-refractivity contribution in [2.24, 2.45) is 0 Å². The van der Waals surface area contributed by atoms with Gasteiger partial charge in [0, 0.05) is 6.42 Å². The highest BCUT2D eigenvalue weighted by Gasteiger charge is 2.48. The molecular formula is C17H23BrFN3O3. The second-order valence-corrected chi connectivity index (χ2v) is 8.34. The Morgan fingerprint density at radius 3 is 2.68 bits per heavy atom. The number of alkyl halides is 1. The largest absolute Gasteiger partial charge is 0.444 e. The Labute approximate surface area is 155 Å². The normalized spacial score (nSPS) is 23.5. The van der Waals surface area contributed by atoms with Crippen molar-refractivity contribution < 1.29 is 18.7 Å². The molecule has 0 unspecified atom stereocenters. The Bertz CT molecular complexity index is 688. The first kappa shape index (κ1) is 19.6. The van der Waals surface area contributed by atoms with Gasteiger partial charge < -0.3 is 10.1 Å². The molecule has 1 N–H and O–H groups in total. The minimum absolute atomic E-state index is 0.0921. The van der Waals surface area contributed by atoms with E-state index in [1.807, 2.05) is 0 Å². The minimum atomic E-state index is -1.65. The Morgan fingerprint density at radius 2 is 2.08 bits per heavy atom. The first-order chi connectivity index (χ1) is 11.4. The van der Waals surface area contributed by atoms with Crippen LogP contribution in [0.15, 0.2) is 16.7 Å². The average molecular weight is 416 g/mol. The van der Waals surface area contributed by atoms with Crippen molar-refractivity contribution in [3.05, 3.63) is 22.3 Å². The number of likely N-dealkylation sites (tertiary alicyclic amines) is 1. The summed E-state index contributed by atoms with van der Waals surface area (Å²) in [5.74, 6) is -0.114. The Hall–Kier alpha value is -1.70. The number of amides is 2. The summed E-state index contributed by atoms with van der Waals surface area (Å²) in [5.41, 5.74) is -1.62. The van der Waals surface area contributed by atoms with Gasteiger partial charge >= 0.3 is 6.09 Å². The first-order valence-electron chi connectivity index (χ1n) is 8.00. The molecule has 0 aromatic carbocycles. The van der Waals surface area contributed by atoms with E-state index in [9.17, 15) is 14.0 Å². The fraction of sp³-hybridized carbons (Fsp3) is 0.588. The quantitative estimate of drug-likeness (QED) is 0.744. The van der Waals surface area contributed by atoms with E-state index in [0.29, 0.717) is 10.4 Å². The molecule has 2 atom stereocenters. The number of halogens is 2. The Kier molecular flexibility index (Phi) is 5.41. The van der Waals surface area contributed by atoms with Gasteiger partial charge in [0.1, 0.15) is 27.7 Å². The monoisotopic (exact) mass is 415 g/mol. The summed E-state index contributed by atoms with van der Waals surface area (Å²) in [7, 11) is 0. The van der Waals surface area contributed by atoms with Gasteiger partial charge in [-0.3, -0.25) is 9.69 Å². The van der Waals surface area contributed by atoms with Crippen LogP contribution in [0.3, 0.4) is 0 Å². The van der Waals surface area contributed by atoms with Gasteiger partial charge in [0.05, 0.1) is 6.54 Å². The number of anilines is 1. The molecule has 1 aromatic heterocycles. The average Bonchev–Trinajstić information content (AvgIpc) is 2.77. The molecule has 8 heteroatoms. The van der Waals surface area contributed by atoms with E-state index in [2.05, 4.69) is 26.2 Å². The number of hydrogen-bond acceptors (Lipinski definition) is 4. The molecule has 2 rings (SSSR count). The molecule has 1 aliphatic heterocycles. The van der Waals surface area contributed by atoms with E-state index in [0.717, 1.165) is 10.5 Å². The van der Waals surface area contributed by atoms with Crippen LogP contribution in [0.4, 0.5) is 15.0 Å². The van der Waals surface area contributed by atoms with E-state index in [1.54, 1.807) is 39.8 Å². The summed E-state index contributed by atoms with van der Waals surface area (Å²) in [4.78, 5) is 30.4. The topological polar surface area (TPSA) is 71.5 Å². The number of carbonyl (C=O) groups excluding carboxylic acids is 2. The maximum absolute atomic E-state index is 14.5. The van der Waals surface area contributed by atoms with Gasteiger partial charge in [0.15, 0.2) is 0 Å². The lowest BCUT2D eigenvalue weighted by Crippen LogP contribution is -2.45. The van der Waals surface area contributed by atoms with Gasteiger partial charge in [-0.2, -0.15) is 0 Å². The summed E-state index contributed by atoms with van der Waals surface area (Å²) in [6.45, 7) is 8.15. The lowest BCUT2D eigenvalue weighted by Gasteiger charge is -2.28. The Balaban J connectivity index is 2.20. The van der Waals surface area contributed by atoms with Crippen LogP contribution in [0.5, 0.6) is 0 Å². The molecule has 25 heavy (non-hydrogen) atoms. The number of ether oxygens (including phenoxy) is 1. The van der Waals surface area contributed by atoms with Crippen LogP contribution in [-0.4, -0.2) is 45.7 Å². The molecule has 0 bridgehead atoms. The van der Waals surface area contributed by atoms with E-state index in [1.165, 1.54) is 6.92 Å². The number of rotatable bonds is 2. The molecule has 0 saturated carbocycles. The third-order valence-electron chi connectivity index (χ3n) is 3.73. The van der Waals surface area contributed by atoms with E-state index in [4.69, 9.17) is 4.74 Å². The molecule has 6 nitrogen and oxygen atoms in total. The van der Waals surface area contributed by atoms with Crippen molar-refractivity contribution in [1.29, 1.82) is 0 Å². The first-order valence-corrected chi connectivity index (χ1v) is 8.80. The molecule has 1 fully saturated rings. The fourth-order valence-corrected chi connectivity index (χ4v) is 2.93. The molecule has 0 aliphatic carbocycles. The number of carbonyl (C=O) groups is 2. The van der Waals surface area contributed by atoms with Gasteiger partial charge in [0.25, 0.3) is 0 Å². The standard InChI is InChI=1S/C17H23BrFN3O3/c1-10-6-7-12(18)20-13(10)21-14(23)11-8-17(5,19)9-22(11)15(24)25-16(2,3)4/h6-7,11H,8-9H2,1-5H3,(H,20,21,23)/t11-,17+/m0/s1. The number of hydrogen-bond donors (Lipinski definition) is 1. The summed E-state index contributed by atoms with van der Waals surface area (Å²) >= 11 is 3.25. The zero-order chi connectivity index (χ0) is 19.0. The Morgan fingerprint density at radius 1 is 1.44 bits per heavy atom. The fourth-order valence-electron chi connectivity index (χ4n) is 2.62. The molecule has 1 aromatic rings. The van der Waals surface area contributed by atoms with Crippen molar-refractivity contribution >= 4 is 33.7 Å². The van der Waals surface area contributed by atoms with Crippen molar-refractivity contribution in [3.63, 3.8) is 0 Å². The number of pyridine rings is 1. The van der Waals surface area contributed by atoms with Crippen molar-refractivity contribution in [3.8, 4) is 0 Å². The molecule has 0 radical (unpaired) electrons. The highest BCUT2D eigenvalue weighted by atomic mass is 79.9. The van der Waals surface area contributed by atoms with Crippen LogP contribution in [0.1, 0.15) is 39.7 Å². The minimum Gasteiger partial charge on any atom is -0.444 e. The van der Waals surface area contributed by atoms with E-state index < -0.39 is 29.3 Å². The van der Waals surface area contributed by atoms with Crippen LogP contribution in [0, 0.1) is 6.92 Å². The molecule has 1 aliphatic rings. The number of aryl methyl sites for hydroxylation is 1. The molecule has 2 heterocycles. The smallest absolute Gasteiger partial charge is 0.411 e. The van der Waals surface area contributed by atoms with Gasteiger partial charge in [-0.1, -0.05) is 6.07 Å². The second kappa shape index (κ2) is 6.90. The predicted molar refractivity (Wildman–Crippen MR) is 96.2 cm³/mol. The van der Waals surface area contributed by atoms with E-state index in [-0.39, 0.29) is 13.0 Å². The van der Waals surface area contributed by atoms with Crippen molar-refractivity contribution in [1.82, 2.24) is 9.88 Å². The lowest BCUT2D eigenvalue weighted by atomic mass is 10.0. The van der Waals surface area contributed by atoms with Gasteiger partial charge in [-0.25, -0.2) is 14.2 Å². The molecule has 1 saturated heterocycles. The van der Waals surface area contributed by atoms with Gasteiger partial charge in [-0.05, 0) is 62.2 Å². The zero-order valence-electron chi connectivity index (χ0n) is 15.0. The van der Waals surface area contributed by atoms with Gasteiger partial charge in [-0.15, -0.1) is 0 Å².